The number of hydrogen-bond acceptors (Lipinski definition) is 3. The summed E-state index contributed by atoms with van der Waals surface area (Å²) in [6.45, 7) is 0.343. The molecule has 1 amide bonds. The van der Waals surface area contributed by atoms with Crippen LogP contribution in [-0.4, -0.2) is 22.8 Å². The summed E-state index contributed by atoms with van der Waals surface area (Å²) in [4.78, 5) is 12.4. The van der Waals surface area contributed by atoms with Crippen molar-refractivity contribution < 1.29 is 13.9 Å². The van der Waals surface area contributed by atoms with Gasteiger partial charge in [-0.1, -0.05) is 29.3 Å². The fourth-order valence-electron chi connectivity index (χ4n) is 2.37. The summed E-state index contributed by atoms with van der Waals surface area (Å²) >= 11 is 12.1. The van der Waals surface area contributed by atoms with Gasteiger partial charge in [0.1, 0.15) is 5.82 Å². The van der Waals surface area contributed by atoms with Crippen LogP contribution in [0.1, 0.15) is 15.9 Å². The second-order valence-electron chi connectivity index (χ2n) is 5.41. The van der Waals surface area contributed by atoms with Gasteiger partial charge in [0.2, 0.25) is 0 Å². The van der Waals surface area contributed by atoms with E-state index in [1.165, 1.54) is 19.2 Å². The van der Waals surface area contributed by atoms with Gasteiger partial charge in [-0.2, -0.15) is 5.10 Å². The van der Waals surface area contributed by atoms with E-state index in [1.807, 2.05) is 0 Å². The number of benzene rings is 2. The maximum absolute atomic E-state index is 13.8. The van der Waals surface area contributed by atoms with Crippen molar-refractivity contribution in [1.29, 1.82) is 0 Å². The van der Waals surface area contributed by atoms with Crippen molar-refractivity contribution in [2.75, 3.05) is 12.4 Å². The van der Waals surface area contributed by atoms with E-state index in [0.717, 1.165) is 11.6 Å². The van der Waals surface area contributed by atoms with E-state index in [1.54, 1.807) is 35.1 Å². The quantitative estimate of drug-likeness (QED) is 0.686. The number of carbonyl (C=O) groups excluding carboxylic acids is 1. The number of amides is 1. The van der Waals surface area contributed by atoms with E-state index in [4.69, 9.17) is 27.9 Å². The summed E-state index contributed by atoms with van der Waals surface area (Å²) in [7, 11) is 1.36. The van der Waals surface area contributed by atoms with Crippen LogP contribution >= 0.6 is 23.2 Å². The van der Waals surface area contributed by atoms with Gasteiger partial charge in [0.05, 0.1) is 19.9 Å². The highest BCUT2D eigenvalue weighted by Gasteiger charge is 2.13. The van der Waals surface area contributed by atoms with Crippen molar-refractivity contribution in [2.45, 2.75) is 6.54 Å². The highest BCUT2D eigenvalue weighted by atomic mass is 35.5. The van der Waals surface area contributed by atoms with E-state index >= 15 is 0 Å². The summed E-state index contributed by atoms with van der Waals surface area (Å²) in [5.74, 6) is -0.543. The van der Waals surface area contributed by atoms with Crippen LogP contribution in [0.4, 0.5) is 10.2 Å². The van der Waals surface area contributed by atoms with E-state index in [-0.39, 0.29) is 11.3 Å². The average molecular weight is 394 g/mol. The normalized spacial score (nSPS) is 10.6. The van der Waals surface area contributed by atoms with Crippen molar-refractivity contribution in [1.82, 2.24) is 9.78 Å². The zero-order valence-corrected chi connectivity index (χ0v) is 15.2. The molecule has 134 valence electrons. The molecular weight excluding hydrogens is 380 g/mol. The number of nitrogens with one attached hydrogen (secondary N) is 1. The van der Waals surface area contributed by atoms with Crippen molar-refractivity contribution in [3.05, 3.63) is 75.7 Å². The minimum absolute atomic E-state index is 0.0731. The molecule has 1 heterocycles. The minimum atomic E-state index is -0.610. The Morgan fingerprint density at radius 1 is 1.23 bits per heavy atom. The van der Waals surface area contributed by atoms with Gasteiger partial charge in [-0.05, 0) is 35.9 Å². The molecule has 3 rings (SSSR count). The molecule has 0 saturated carbocycles. The molecule has 26 heavy (non-hydrogen) atoms. The lowest BCUT2D eigenvalue weighted by atomic mass is 10.2. The SMILES string of the molecule is COc1ccc(C(=O)Nc2ccnn2Cc2ccc(Cl)cc2Cl)cc1F. The molecule has 2 aromatic carbocycles. The molecule has 0 spiro atoms. The van der Waals surface area contributed by atoms with Crippen LogP contribution in [-0.2, 0) is 6.54 Å². The molecule has 0 aliphatic carbocycles. The number of anilines is 1. The average Bonchev–Trinajstić information content (AvgIpc) is 3.04. The van der Waals surface area contributed by atoms with Crippen LogP contribution in [0.2, 0.25) is 10.0 Å². The third kappa shape index (κ3) is 3.98. The molecule has 0 atom stereocenters. The summed E-state index contributed by atoms with van der Waals surface area (Å²) < 4.78 is 20.2. The van der Waals surface area contributed by atoms with Crippen LogP contribution in [0, 0.1) is 5.82 Å². The Morgan fingerprint density at radius 2 is 2.04 bits per heavy atom. The molecular formula is C18H14Cl2FN3O2. The molecule has 0 aliphatic rings. The molecule has 8 heteroatoms. The van der Waals surface area contributed by atoms with Crippen molar-refractivity contribution >= 4 is 34.9 Å². The lowest BCUT2D eigenvalue weighted by Crippen LogP contribution is -2.16. The number of halogens is 3. The molecule has 0 aliphatic heterocycles. The lowest BCUT2D eigenvalue weighted by Gasteiger charge is -2.11. The number of ether oxygens (including phenoxy) is 1. The number of carbonyl (C=O) groups is 1. The first-order valence-corrected chi connectivity index (χ1v) is 8.34. The number of nitrogens with zero attached hydrogens (tertiary/aromatic N) is 2. The minimum Gasteiger partial charge on any atom is -0.494 e. The predicted molar refractivity (Wildman–Crippen MR) is 98.7 cm³/mol. The first-order chi connectivity index (χ1) is 12.5. The second kappa shape index (κ2) is 7.76. The highest BCUT2D eigenvalue weighted by molar-refractivity contribution is 6.35. The first kappa shape index (κ1) is 18.2. The molecule has 0 unspecified atom stereocenters. The van der Waals surface area contributed by atoms with Gasteiger partial charge < -0.3 is 10.1 Å². The van der Waals surface area contributed by atoms with Crippen LogP contribution in [0.3, 0.4) is 0 Å². The highest BCUT2D eigenvalue weighted by Crippen LogP contribution is 2.23. The van der Waals surface area contributed by atoms with E-state index in [2.05, 4.69) is 10.4 Å². The molecule has 1 aromatic heterocycles. The van der Waals surface area contributed by atoms with E-state index in [9.17, 15) is 9.18 Å². The Hall–Kier alpha value is -2.57. The Balaban J connectivity index is 1.78. The van der Waals surface area contributed by atoms with Gasteiger partial charge >= 0.3 is 0 Å². The second-order valence-corrected chi connectivity index (χ2v) is 6.26. The van der Waals surface area contributed by atoms with Gasteiger partial charge in [0, 0.05) is 21.7 Å². The maximum atomic E-state index is 13.8. The number of methoxy groups -OCH3 is 1. The van der Waals surface area contributed by atoms with Crippen molar-refractivity contribution in [2.24, 2.45) is 0 Å². The van der Waals surface area contributed by atoms with Gasteiger partial charge in [-0.3, -0.25) is 4.79 Å². The molecule has 0 fully saturated rings. The first-order valence-electron chi connectivity index (χ1n) is 7.58. The smallest absolute Gasteiger partial charge is 0.256 e. The summed E-state index contributed by atoms with van der Waals surface area (Å²) in [6.07, 6.45) is 1.55. The van der Waals surface area contributed by atoms with Gasteiger partial charge in [-0.25, -0.2) is 9.07 Å². The fraction of sp³-hybridized carbons (Fsp3) is 0.111. The van der Waals surface area contributed by atoms with E-state index in [0.29, 0.717) is 22.4 Å². The molecule has 0 bridgehead atoms. The monoisotopic (exact) mass is 393 g/mol. The number of hydrogen-bond donors (Lipinski definition) is 1. The van der Waals surface area contributed by atoms with Gasteiger partial charge in [0.15, 0.2) is 11.6 Å². The van der Waals surface area contributed by atoms with Crippen LogP contribution in [0.15, 0.2) is 48.7 Å². The summed E-state index contributed by atoms with van der Waals surface area (Å²) in [6, 6.07) is 10.8. The lowest BCUT2D eigenvalue weighted by molar-refractivity contribution is 0.102. The number of aromatic nitrogens is 2. The Morgan fingerprint density at radius 3 is 2.73 bits per heavy atom. The van der Waals surface area contributed by atoms with Crippen molar-refractivity contribution in [3.63, 3.8) is 0 Å². The maximum Gasteiger partial charge on any atom is 0.256 e. The standard InChI is InChI=1S/C18H14Cl2FN3O2/c1-26-16-5-3-11(8-15(16)21)18(25)23-17-6-7-22-24(17)10-12-2-4-13(19)9-14(12)20/h2-9H,10H2,1H3,(H,23,25). The molecule has 1 N–H and O–H groups in total. The fourth-order valence-corrected chi connectivity index (χ4v) is 2.84. The molecule has 0 saturated heterocycles. The van der Waals surface area contributed by atoms with E-state index < -0.39 is 11.7 Å². The van der Waals surface area contributed by atoms with Crippen LogP contribution in [0.5, 0.6) is 5.75 Å². The third-order valence-corrected chi connectivity index (χ3v) is 4.29. The zero-order valence-electron chi connectivity index (χ0n) is 13.7. The predicted octanol–water partition coefficient (Wildman–Crippen LogP) is 4.64. The van der Waals surface area contributed by atoms with Crippen LogP contribution < -0.4 is 10.1 Å². The largest absolute Gasteiger partial charge is 0.494 e. The third-order valence-electron chi connectivity index (χ3n) is 3.71. The topological polar surface area (TPSA) is 56.1 Å². The Labute approximate surface area is 159 Å². The van der Waals surface area contributed by atoms with Crippen LogP contribution in [0.25, 0.3) is 0 Å². The zero-order chi connectivity index (χ0) is 18.7. The van der Waals surface area contributed by atoms with Gasteiger partial charge in [-0.15, -0.1) is 0 Å². The molecule has 5 nitrogen and oxygen atoms in total. The van der Waals surface area contributed by atoms with Crippen molar-refractivity contribution in [3.8, 4) is 5.75 Å². The Bertz CT molecular complexity index is 959. The summed E-state index contributed by atoms with van der Waals surface area (Å²) in [5, 5.41) is 7.93. The molecule has 3 aromatic rings. The van der Waals surface area contributed by atoms with Gasteiger partial charge in [0.25, 0.3) is 5.91 Å². The summed E-state index contributed by atoms with van der Waals surface area (Å²) in [5.41, 5.74) is 0.964. The molecule has 0 radical (unpaired) electrons. The number of rotatable bonds is 5. The Kier molecular flexibility index (Phi) is 5.44.